The first-order valence-electron chi connectivity index (χ1n) is 20.7. The third kappa shape index (κ3) is 7.18. The van der Waals surface area contributed by atoms with E-state index < -0.39 is 114 Å². The number of aliphatic hydroxyl groups is 8. The molecule has 322 valence electrons. The molecule has 56 heavy (non-hydrogen) atoms. The third-order valence-electron chi connectivity index (χ3n) is 16.1. The summed E-state index contributed by atoms with van der Waals surface area (Å²) in [5.74, 6) is -0.412. The minimum Gasteiger partial charge on any atom is -0.394 e. The van der Waals surface area contributed by atoms with Gasteiger partial charge in [0.2, 0.25) is 0 Å². The van der Waals surface area contributed by atoms with E-state index in [1.807, 2.05) is 33.8 Å². The number of allylic oxidation sites excluding steroid dienone is 1. The quantitative estimate of drug-likeness (QED) is 0.0670. The Hall–Kier alpha value is -1.08. The molecule has 2 heterocycles. The zero-order valence-corrected chi connectivity index (χ0v) is 34.4. The minimum absolute atomic E-state index is 0.0231. The maximum atomic E-state index is 12.3. The molecule has 4 saturated carbocycles. The molecule has 9 N–H and O–H groups in total. The molecule has 21 atom stereocenters. The molecular formula is C42H70O14. The Labute approximate surface area is 331 Å². The minimum atomic E-state index is -1.70. The van der Waals surface area contributed by atoms with Gasteiger partial charge in [-0.05, 0) is 105 Å². The first-order valence-corrected chi connectivity index (χ1v) is 20.7. The lowest BCUT2D eigenvalue weighted by atomic mass is 9.34. The lowest BCUT2D eigenvalue weighted by Gasteiger charge is -2.72. The van der Waals surface area contributed by atoms with Gasteiger partial charge in [0.15, 0.2) is 12.6 Å². The molecule has 6 aliphatic rings. The van der Waals surface area contributed by atoms with Crippen molar-refractivity contribution in [1.29, 1.82) is 0 Å². The van der Waals surface area contributed by atoms with Gasteiger partial charge in [0, 0.05) is 6.42 Å². The molecule has 6 fully saturated rings. The molecule has 1 unspecified atom stereocenters. The van der Waals surface area contributed by atoms with Crippen LogP contribution in [0.2, 0.25) is 0 Å². The summed E-state index contributed by atoms with van der Waals surface area (Å²) in [7, 11) is 0. The van der Waals surface area contributed by atoms with Crippen LogP contribution in [0.5, 0.6) is 0 Å². The number of hydrogen-bond acceptors (Lipinski definition) is 14. The van der Waals surface area contributed by atoms with E-state index >= 15 is 0 Å². The topological polar surface area (TPSA) is 228 Å². The highest BCUT2D eigenvalue weighted by Crippen LogP contribution is 2.76. The number of rotatable bonds is 10. The van der Waals surface area contributed by atoms with Gasteiger partial charge < -0.3 is 59.8 Å². The van der Waals surface area contributed by atoms with Gasteiger partial charge in [-0.15, -0.1) is 0 Å². The molecule has 6 rings (SSSR count). The van der Waals surface area contributed by atoms with Crippen LogP contribution in [0.15, 0.2) is 23.8 Å². The molecule has 14 heteroatoms. The summed E-state index contributed by atoms with van der Waals surface area (Å²) in [6.45, 7) is 20.1. The molecule has 0 spiro atoms. The second-order valence-corrected chi connectivity index (χ2v) is 19.8. The Morgan fingerprint density at radius 1 is 0.839 bits per heavy atom. The fourth-order valence-electron chi connectivity index (χ4n) is 13.1. The van der Waals surface area contributed by atoms with Crippen LogP contribution in [-0.2, 0) is 23.8 Å². The second kappa shape index (κ2) is 16.1. The van der Waals surface area contributed by atoms with Crippen molar-refractivity contribution in [2.24, 2.45) is 45.3 Å². The molecule has 14 nitrogen and oxygen atoms in total. The van der Waals surface area contributed by atoms with Crippen LogP contribution in [-0.4, -0.2) is 139 Å². The largest absolute Gasteiger partial charge is 0.394 e. The van der Waals surface area contributed by atoms with Gasteiger partial charge in [-0.1, -0.05) is 58.4 Å². The van der Waals surface area contributed by atoms with Crippen molar-refractivity contribution in [1.82, 2.24) is 0 Å². The Kier molecular flexibility index (Phi) is 12.8. The van der Waals surface area contributed by atoms with Crippen LogP contribution in [0.3, 0.4) is 0 Å². The van der Waals surface area contributed by atoms with E-state index in [-0.39, 0.29) is 23.7 Å². The fourth-order valence-corrected chi connectivity index (χ4v) is 13.1. The summed E-state index contributed by atoms with van der Waals surface area (Å²) >= 11 is 0. The van der Waals surface area contributed by atoms with Crippen molar-refractivity contribution in [3.8, 4) is 0 Å². The lowest BCUT2D eigenvalue weighted by Crippen LogP contribution is -2.71. The molecule has 0 bridgehead atoms. The van der Waals surface area contributed by atoms with Crippen LogP contribution in [0.25, 0.3) is 0 Å². The molecule has 2 aliphatic heterocycles. The maximum Gasteiger partial charge on any atom is 0.187 e. The van der Waals surface area contributed by atoms with E-state index in [4.69, 9.17) is 23.8 Å². The summed E-state index contributed by atoms with van der Waals surface area (Å²) in [4.78, 5) is 4.83. The van der Waals surface area contributed by atoms with Gasteiger partial charge in [0.1, 0.15) is 48.8 Å². The van der Waals surface area contributed by atoms with Gasteiger partial charge in [-0.3, -0.25) is 5.26 Å². The van der Waals surface area contributed by atoms with Crippen molar-refractivity contribution in [2.45, 2.75) is 186 Å². The van der Waals surface area contributed by atoms with Gasteiger partial charge in [0.05, 0.1) is 31.0 Å². The average molecular weight is 799 g/mol. The molecule has 4 aliphatic carbocycles. The van der Waals surface area contributed by atoms with Crippen molar-refractivity contribution in [2.75, 3.05) is 6.61 Å². The monoisotopic (exact) mass is 798 g/mol. The Morgan fingerprint density at radius 3 is 2.14 bits per heavy atom. The standard InChI is InChI=1S/C42H70O14/c1-19(2)14-22(56-51)15-20(3)23-10-13-41(8)29(23)24(44)16-27-40(7)12-11-28(45)39(5,6)36(40)25(17-42(27,41)9)53-38-35(33(49)31(47)26(18-43)54-38)55-37-34(50)32(48)30(46)21(4)52-37/h14,21-38,43-51H,3,10-13,15-18H2,1-2,4-9H3/t21-,22?,23+,24+,25-,26+,27+,28-,29-,30-,31+,32+,33-,34+,35+,36-,37-,38+,40+,41+,42+/m0/s1. The summed E-state index contributed by atoms with van der Waals surface area (Å²) in [6, 6.07) is 0. The van der Waals surface area contributed by atoms with E-state index in [0.29, 0.717) is 32.1 Å². The van der Waals surface area contributed by atoms with Crippen molar-refractivity contribution in [3.05, 3.63) is 23.8 Å². The molecule has 0 aromatic heterocycles. The molecule has 2 saturated heterocycles. The van der Waals surface area contributed by atoms with E-state index in [9.17, 15) is 46.1 Å². The Morgan fingerprint density at radius 2 is 1.52 bits per heavy atom. The summed E-state index contributed by atoms with van der Waals surface area (Å²) in [5.41, 5.74) is -0.00991. The van der Waals surface area contributed by atoms with Gasteiger partial charge in [0.25, 0.3) is 0 Å². The Balaban J connectivity index is 1.38. The van der Waals surface area contributed by atoms with Gasteiger partial charge >= 0.3 is 0 Å². The van der Waals surface area contributed by atoms with Crippen molar-refractivity contribution >= 4 is 0 Å². The van der Waals surface area contributed by atoms with Gasteiger partial charge in [-0.25, -0.2) is 4.89 Å². The zero-order valence-electron chi connectivity index (χ0n) is 34.4. The van der Waals surface area contributed by atoms with Crippen LogP contribution in [0.1, 0.15) is 100 Å². The third-order valence-corrected chi connectivity index (χ3v) is 16.1. The molecule has 0 aromatic carbocycles. The lowest BCUT2D eigenvalue weighted by molar-refractivity contribution is -0.381. The first kappa shape index (κ1) is 44.5. The number of hydrogen-bond donors (Lipinski definition) is 9. The summed E-state index contributed by atoms with van der Waals surface area (Å²) in [5, 5.41) is 98.0. The normalized spacial score (nSPS) is 52.0. The zero-order chi connectivity index (χ0) is 41.4. The number of fused-ring (bicyclic) bond motifs is 5. The van der Waals surface area contributed by atoms with Gasteiger partial charge in [-0.2, -0.15) is 0 Å². The molecule has 0 amide bonds. The number of aliphatic hydroxyl groups excluding tert-OH is 8. The second-order valence-electron chi connectivity index (χ2n) is 19.8. The highest BCUT2D eigenvalue weighted by Gasteiger charge is 2.73. The SMILES string of the molecule is C=C(CC(C=C(C)C)OO)[C@H]1CC[C@]2(C)[C@@H]1[C@H](O)C[C@@H]1[C@@]3(C)CC[C@H](O)C(C)(C)[C@@H]3[C@@H](O[C@@H]3O[C@H](CO)[C@@H](O)[C@H](O)[C@H]3O[C@@H]3O[C@@H](C)[C@H](O)[C@@H](O)[C@H]3O)C[C@]12C. The summed E-state index contributed by atoms with van der Waals surface area (Å²) < 4.78 is 25.1. The van der Waals surface area contributed by atoms with E-state index in [1.165, 1.54) is 6.92 Å². The molecule has 0 radical (unpaired) electrons. The fraction of sp³-hybridized carbons (Fsp3) is 0.905. The number of ether oxygens (including phenoxy) is 4. The highest BCUT2D eigenvalue weighted by atomic mass is 17.1. The van der Waals surface area contributed by atoms with Crippen LogP contribution in [0.4, 0.5) is 0 Å². The molecule has 0 aromatic rings. The van der Waals surface area contributed by atoms with E-state index in [2.05, 4.69) is 27.4 Å². The van der Waals surface area contributed by atoms with Crippen molar-refractivity contribution in [3.63, 3.8) is 0 Å². The maximum absolute atomic E-state index is 12.3. The van der Waals surface area contributed by atoms with Crippen molar-refractivity contribution < 1.29 is 69.9 Å². The Bertz CT molecular complexity index is 1440. The van der Waals surface area contributed by atoms with Crippen LogP contribution < -0.4 is 0 Å². The van der Waals surface area contributed by atoms with E-state index in [0.717, 1.165) is 24.0 Å². The van der Waals surface area contributed by atoms with Crippen LogP contribution >= 0.6 is 0 Å². The smallest absolute Gasteiger partial charge is 0.187 e. The highest BCUT2D eigenvalue weighted by molar-refractivity contribution is 5.24. The van der Waals surface area contributed by atoms with Crippen LogP contribution in [0, 0.1) is 45.3 Å². The summed E-state index contributed by atoms with van der Waals surface area (Å²) in [6.07, 6.45) is -10.8. The van der Waals surface area contributed by atoms with E-state index in [1.54, 1.807) is 0 Å². The average Bonchev–Trinajstić information content (AvgIpc) is 3.51. The first-order chi connectivity index (χ1) is 26.1. The predicted octanol–water partition coefficient (Wildman–Crippen LogP) is 2.42. The predicted molar refractivity (Wildman–Crippen MR) is 202 cm³/mol. The molecular weight excluding hydrogens is 728 g/mol.